The molecule has 18 heavy (non-hydrogen) atoms. The summed E-state index contributed by atoms with van der Waals surface area (Å²) < 4.78 is 5.45. The van der Waals surface area contributed by atoms with Crippen LogP contribution in [-0.4, -0.2) is 44.3 Å². The molecule has 1 aliphatic rings. The molecule has 1 aromatic rings. The fraction of sp³-hybridized carbons (Fsp3) is 0.600. The molecule has 1 heterocycles. The average molecular weight is 248 g/mol. The minimum absolute atomic E-state index is 0.0612. The highest BCUT2D eigenvalue weighted by atomic mass is 16.5. The minimum atomic E-state index is 0.0612. The number of piperazine rings is 1. The molecule has 1 aliphatic heterocycles. The van der Waals surface area contributed by atoms with E-state index in [1.807, 2.05) is 6.92 Å². The van der Waals surface area contributed by atoms with Crippen molar-refractivity contribution in [2.75, 3.05) is 39.4 Å². The molecule has 0 aliphatic carbocycles. The number of rotatable bonds is 5. The van der Waals surface area contributed by atoms with Gasteiger partial charge >= 0.3 is 0 Å². The van der Waals surface area contributed by atoms with Gasteiger partial charge in [0, 0.05) is 32.8 Å². The predicted octanol–water partition coefficient (Wildman–Crippen LogP) is 1.84. The SMILES string of the molecule is CCOCCN1CCNC(C)(c2ccccc2)C1. The number of hydrogen-bond donors (Lipinski definition) is 1. The van der Waals surface area contributed by atoms with Crippen LogP contribution >= 0.6 is 0 Å². The molecule has 0 spiro atoms. The third kappa shape index (κ3) is 3.31. The predicted molar refractivity (Wildman–Crippen MR) is 74.7 cm³/mol. The number of benzene rings is 1. The van der Waals surface area contributed by atoms with Crippen LogP contribution in [0.4, 0.5) is 0 Å². The molecule has 1 saturated heterocycles. The normalized spacial score (nSPS) is 25.2. The van der Waals surface area contributed by atoms with E-state index in [1.165, 1.54) is 5.56 Å². The van der Waals surface area contributed by atoms with Gasteiger partial charge in [0.1, 0.15) is 0 Å². The molecule has 0 amide bonds. The summed E-state index contributed by atoms with van der Waals surface area (Å²) in [5.41, 5.74) is 1.43. The fourth-order valence-electron chi connectivity index (χ4n) is 2.60. The molecule has 2 rings (SSSR count). The second-order valence-electron chi connectivity index (χ2n) is 5.10. The Balaban J connectivity index is 1.97. The Morgan fingerprint density at radius 3 is 2.83 bits per heavy atom. The highest BCUT2D eigenvalue weighted by Crippen LogP contribution is 2.23. The van der Waals surface area contributed by atoms with Gasteiger partial charge in [0.2, 0.25) is 0 Å². The van der Waals surface area contributed by atoms with Crippen LogP contribution in [-0.2, 0) is 10.3 Å². The lowest BCUT2D eigenvalue weighted by Crippen LogP contribution is -2.57. The maximum absolute atomic E-state index is 5.45. The van der Waals surface area contributed by atoms with Gasteiger partial charge in [-0.05, 0) is 19.4 Å². The molecule has 0 aromatic heterocycles. The van der Waals surface area contributed by atoms with Crippen molar-refractivity contribution in [2.45, 2.75) is 19.4 Å². The van der Waals surface area contributed by atoms with Crippen LogP contribution in [0.3, 0.4) is 0 Å². The summed E-state index contributed by atoms with van der Waals surface area (Å²) in [5, 5.41) is 3.65. The lowest BCUT2D eigenvalue weighted by Gasteiger charge is -2.42. The lowest BCUT2D eigenvalue weighted by molar-refractivity contribution is 0.0815. The van der Waals surface area contributed by atoms with E-state index in [0.717, 1.165) is 39.4 Å². The average Bonchev–Trinajstić information content (AvgIpc) is 2.40. The van der Waals surface area contributed by atoms with E-state index >= 15 is 0 Å². The summed E-state index contributed by atoms with van der Waals surface area (Å²) in [4.78, 5) is 2.49. The van der Waals surface area contributed by atoms with Crippen LogP contribution in [0.1, 0.15) is 19.4 Å². The summed E-state index contributed by atoms with van der Waals surface area (Å²) in [6.45, 7) is 10.2. The fourth-order valence-corrected chi connectivity index (χ4v) is 2.60. The van der Waals surface area contributed by atoms with Crippen LogP contribution in [0.5, 0.6) is 0 Å². The molecule has 3 heteroatoms. The van der Waals surface area contributed by atoms with Crippen molar-refractivity contribution in [3.05, 3.63) is 35.9 Å². The maximum atomic E-state index is 5.45. The lowest BCUT2D eigenvalue weighted by atomic mass is 9.90. The van der Waals surface area contributed by atoms with Crippen molar-refractivity contribution in [3.8, 4) is 0 Å². The van der Waals surface area contributed by atoms with Gasteiger partial charge in [0.05, 0.1) is 12.1 Å². The van der Waals surface area contributed by atoms with Crippen LogP contribution in [0.2, 0.25) is 0 Å². The number of hydrogen-bond acceptors (Lipinski definition) is 3. The van der Waals surface area contributed by atoms with Gasteiger partial charge < -0.3 is 10.1 Å². The van der Waals surface area contributed by atoms with Gasteiger partial charge in [0.15, 0.2) is 0 Å². The van der Waals surface area contributed by atoms with Gasteiger partial charge in [-0.3, -0.25) is 4.90 Å². The van der Waals surface area contributed by atoms with E-state index in [2.05, 4.69) is 47.5 Å². The topological polar surface area (TPSA) is 24.5 Å². The van der Waals surface area contributed by atoms with Crippen LogP contribution in [0, 0.1) is 0 Å². The second-order valence-corrected chi connectivity index (χ2v) is 5.10. The van der Waals surface area contributed by atoms with E-state index in [4.69, 9.17) is 4.74 Å². The monoisotopic (exact) mass is 248 g/mol. The molecule has 100 valence electrons. The molecular weight excluding hydrogens is 224 g/mol. The first-order valence-corrected chi connectivity index (χ1v) is 6.85. The standard InChI is InChI=1S/C15H24N2O/c1-3-18-12-11-17-10-9-16-15(2,13-17)14-7-5-4-6-8-14/h4-8,16H,3,9-13H2,1-2H3. The first-order valence-electron chi connectivity index (χ1n) is 6.85. The van der Waals surface area contributed by atoms with Gasteiger partial charge in [-0.1, -0.05) is 30.3 Å². The smallest absolute Gasteiger partial charge is 0.0593 e. The molecule has 1 atom stereocenters. The molecule has 1 unspecified atom stereocenters. The Labute approximate surface area is 110 Å². The Morgan fingerprint density at radius 1 is 1.33 bits per heavy atom. The van der Waals surface area contributed by atoms with Gasteiger partial charge in [0.25, 0.3) is 0 Å². The Morgan fingerprint density at radius 2 is 2.11 bits per heavy atom. The van der Waals surface area contributed by atoms with E-state index in [0.29, 0.717) is 0 Å². The van der Waals surface area contributed by atoms with Crippen molar-refractivity contribution in [1.29, 1.82) is 0 Å². The first-order chi connectivity index (χ1) is 8.74. The molecular formula is C15H24N2O. The van der Waals surface area contributed by atoms with Crippen LogP contribution in [0.25, 0.3) is 0 Å². The third-order valence-electron chi connectivity index (χ3n) is 3.65. The first kappa shape index (κ1) is 13.5. The van der Waals surface area contributed by atoms with E-state index in [1.54, 1.807) is 0 Å². The summed E-state index contributed by atoms with van der Waals surface area (Å²) in [6, 6.07) is 10.7. The summed E-state index contributed by atoms with van der Waals surface area (Å²) in [6.07, 6.45) is 0. The minimum Gasteiger partial charge on any atom is -0.380 e. The number of ether oxygens (including phenoxy) is 1. The Bertz CT molecular complexity index is 355. The summed E-state index contributed by atoms with van der Waals surface area (Å²) >= 11 is 0. The van der Waals surface area contributed by atoms with Crippen molar-refractivity contribution in [2.24, 2.45) is 0 Å². The van der Waals surface area contributed by atoms with Crippen LogP contribution in [0.15, 0.2) is 30.3 Å². The summed E-state index contributed by atoms with van der Waals surface area (Å²) in [7, 11) is 0. The Kier molecular flexibility index (Phi) is 4.75. The van der Waals surface area contributed by atoms with E-state index < -0.39 is 0 Å². The largest absolute Gasteiger partial charge is 0.380 e. The van der Waals surface area contributed by atoms with Gasteiger partial charge in [-0.15, -0.1) is 0 Å². The molecule has 1 fully saturated rings. The van der Waals surface area contributed by atoms with Crippen molar-refractivity contribution in [1.82, 2.24) is 10.2 Å². The van der Waals surface area contributed by atoms with Crippen molar-refractivity contribution >= 4 is 0 Å². The summed E-state index contributed by atoms with van der Waals surface area (Å²) in [5.74, 6) is 0. The third-order valence-corrected chi connectivity index (χ3v) is 3.65. The van der Waals surface area contributed by atoms with E-state index in [9.17, 15) is 0 Å². The maximum Gasteiger partial charge on any atom is 0.0593 e. The van der Waals surface area contributed by atoms with Crippen molar-refractivity contribution in [3.63, 3.8) is 0 Å². The molecule has 0 bridgehead atoms. The van der Waals surface area contributed by atoms with Crippen molar-refractivity contribution < 1.29 is 4.74 Å². The zero-order chi connectivity index (χ0) is 12.8. The zero-order valence-electron chi connectivity index (χ0n) is 11.5. The highest BCUT2D eigenvalue weighted by molar-refractivity contribution is 5.24. The molecule has 0 radical (unpaired) electrons. The molecule has 3 nitrogen and oxygen atoms in total. The highest BCUT2D eigenvalue weighted by Gasteiger charge is 2.31. The molecule has 1 aromatic carbocycles. The molecule has 0 saturated carbocycles. The zero-order valence-corrected chi connectivity index (χ0v) is 11.5. The number of nitrogens with zero attached hydrogens (tertiary/aromatic N) is 1. The second kappa shape index (κ2) is 6.32. The van der Waals surface area contributed by atoms with Gasteiger partial charge in [-0.2, -0.15) is 0 Å². The number of nitrogens with one attached hydrogen (secondary N) is 1. The Hall–Kier alpha value is -0.900. The van der Waals surface area contributed by atoms with E-state index in [-0.39, 0.29) is 5.54 Å². The van der Waals surface area contributed by atoms with Crippen LogP contribution < -0.4 is 5.32 Å². The quantitative estimate of drug-likeness (QED) is 0.805. The molecule has 1 N–H and O–H groups in total. The van der Waals surface area contributed by atoms with Gasteiger partial charge in [-0.25, -0.2) is 0 Å².